The first-order valence-corrected chi connectivity index (χ1v) is 10.6. The number of hydrogen-bond donors (Lipinski definition) is 2. The van der Waals surface area contributed by atoms with Crippen LogP contribution in [0.1, 0.15) is 16.6 Å². The minimum Gasteiger partial charge on any atom is -0.321 e. The maximum absolute atomic E-state index is 11.7. The van der Waals surface area contributed by atoms with Gasteiger partial charge < -0.3 is 4.98 Å². The number of carbonyl (C=O) groups is 1. The number of carbonyl (C=O) groups excluding carboxylic acids is 1. The number of aromatic amines is 2. The zero-order valence-electron chi connectivity index (χ0n) is 16.7. The second-order valence-corrected chi connectivity index (χ2v) is 8.24. The van der Waals surface area contributed by atoms with Gasteiger partial charge >= 0.3 is 0 Å². The van der Waals surface area contributed by atoms with Crippen molar-refractivity contribution in [2.24, 2.45) is 0 Å². The summed E-state index contributed by atoms with van der Waals surface area (Å²) in [6.45, 7) is 1.57. The van der Waals surface area contributed by atoms with Gasteiger partial charge in [-0.25, -0.2) is 24.9 Å². The normalized spacial score (nSPS) is 11.4. The van der Waals surface area contributed by atoms with Crippen LogP contribution < -0.4 is 0 Å². The van der Waals surface area contributed by atoms with Crippen LogP contribution in [0.2, 0.25) is 0 Å². The van der Waals surface area contributed by atoms with Gasteiger partial charge in [-0.3, -0.25) is 9.89 Å². The predicted octanol–water partition coefficient (Wildman–Crippen LogP) is 4.28. The predicted molar refractivity (Wildman–Crippen MR) is 121 cm³/mol. The van der Waals surface area contributed by atoms with E-state index in [1.165, 1.54) is 17.7 Å². The van der Waals surface area contributed by atoms with Gasteiger partial charge in [-0.05, 0) is 37.3 Å². The number of imidazole rings is 1. The van der Waals surface area contributed by atoms with Crippen LogP contribution in [-0.2, 0) is 0 Å². The van der Waals surface area contributed by atoms with E-state index in [0.717, 1.165) is 27.2 Å². The van der Waals surface area contributed by atoms with Crippen LogP contribution in [0.3, 0.4) is 0 Å². The summed E-state index contributed by atoms with van der Waals surface area (Å²) in [5.74, 6) is 0.603. The Morgan fingerprint density at radius 3 is 2.69 bits per heavy atom. The van der Waals surface area contributed by atoms with Gasteiger partial charge in [0.15, 0.2) is 22.9 Å². The van der Waals surface area contributed by atoms with Gasteiger partial charge in [-0.2, -0.15) is 5.10 Å². The van der Waals surface area contributed by atoms with E-state index in [1.807, 2.05) is 30.3 Å². The molecule has 6 aromatic heterocycles. The molecule has 154 valence electrons. The third-order valence-electron chi connectivity index (χ3n) is 5.09. The number of nitrogens with zero attached hydrogens (tertiary/aromatic N) is 6. The molecule has 0 amide bonds. The molecule has 0 fully saturated rings. The van der Waals surface area contributed by atoms with Crippen LogP contribution in [-0.4, -0.2) is 45.9 Å². The molecule has 0 aromatic carbocycles. The molecule has 6 aromatic rings. The van der Waals surface area contributed by atoms with Crippen LogP contribution in [0.15, 0.2) is 55.2 Å². The Morgan fingerprint density at radius 1 is 1.00 bits per heavy atom. The zero-order valence-corrected chi connectivity index (χ0v) is 17.5. The number of thiophene rings is 1. The average Bonchev–Trinajstić information content (AvgIpc) is 3.56. The summed E-state index contributed by atoms with van der Waals surface area (Å²) in [5.41, 5.74) is 5.88. The van der Waals surface area contributed by atoms with E-state index in [4.69, 9.17) is 9.97 Å². The molecule has 0 aliphatic rings. The van der Waals surface area contributed by atoms with Crippen molar-refractivity contribution in [3.63, 3.8) is 0 Å². The summed E-state index contributed by atoms with van der Waals surface area (Å²) >= 11 is 1.44. The van der Waals surface area contributed by atoms with Crippen molar-refractivity contribution in [2.75, 3.05) is 0 Å². The molecule has 0 aliphatic carbocycles. The number of Topliss-reactive ketones (excluding diaryl/α,β-unsaturated/α-hetero) is 1. The molecule has 6 rings (SSSR count). The lowest BCUT2D eigenvalue weighted by Gasteiger charge is -2.00. The number of ketones is 1. The topological polar surface area (TPSA) is 126 Å². The molecule has 0 aliphatic heterocycles. The minimum absolute atomic E-state index is 0.0444. The Kier molecular flexibility index (Phi) is 4.12. The molecule has 32 heavy (non-hydrogen) atoms. The molecule has 0 saturated heterocycles. The first-order chi connectivity index (χ1) is 15.7. The van der Waals surface area contributed by atoms with E-state index in [0.29, 0.717) is 33.1 Å². The lowest BCUT2D eigenvalue weighted by molar-refractivity contribution is 0.102. The van der Waals surface area contributed by atoms with Crippen LogP contribution in [0.25, 0.3) is 55.4 Å². The van der Waals surface area contributed by atoms with Crippen molar-refractivity contribution in [3.8, 4) is 33.2 Å². The third kappa shape index (κ3) is 2.96. The molecule has 0 bridgehead atoms. The molecular weight excluding hydrogens is 424 g/mol. The number of aromatic nitrogens is 8. The van der Waals surface area contributed by atoms with Gasteiger partial charge in [0, 0.05) is 34.6 Å². The van der Waals surface area contributed by atoms with E-state index in [-0.39, 0.29) is 5.78 Å². The van der Waals surface area contributed by atoms with Crippen molar-refractivity contribution in [1.82, 2.24) is 40.1 Å². The van der Waals surface area contributed by atoms with Gasteiger partial charge in [0.1, 0.15) is 17.4 Å². The van der Waals surface area contributed by atoms with Gasteiger partial charge in [0.05, 0.1) is 16.1 Å². The van der Waals surface area contributed by atoms with Crippen molar-refractivity contribution >= 4 is 39.3 Å². The van der Waals surface area contributed by atoms with Crippen LogP contribution >= 0.6 is 11.3 Å². The van der Waals surface area contributed by atoms with Crippen LogP contribution in [0.4, 0.5) is 0 Å². The van der Waals surface area contributed by atoms with Crippen LogP contribution in [0.5, 0.6) is 0 Å². The minimum atomic E-state index is 0.0444. The second kappa shape index (κ2) is 7.13. The lowest BCUT2D eigenvalue weighted by atomic mass is 10.2. The highest BCUT2D eigenvalue weighted by molar-refractivity contribution is 7.17. The van der Waals surface area contributed by atoms with E-state index in [9.17, 15) is 4.79 Å². The molecule has 6 heterocycles. The molecule has 0 radical (unpaired) electrons. The Balaban J connectivity index is 1.49. The third-order valence-corrected chi connectivity index (χ3v) is 6.31. The van der Waals surface area contributed by atoms with Crippen LogP contribution in [0, 0.1) is 0 Å². The van der Waals surface area contributed by atoms with E-state index in [1.54, 1.807) is 25.5 Å². The molecule has 0 saturated carbocycles. The molecule has 0 spiro atoms. The number of fused-ring (bicyclic) bond motifs is 2. The fraction of sp³-hybridized carbons (Fsp3) is 0.0455. The Bertz CT molecular complexity index is 1620. The highest BCUT2D eigenvalue weighted by Gasteiger charge is 2.18. The summed E-state index contributed by atoms with van der Waals surface area (Å²) in [4.78, 5) is 38.8. The smallest absolute Gasteiger partial charge is 0.169 e. The maximum atomic E-state index is 11.7. The van der Waals surface area contributed by atoms with Crippen molar-refractivity contribution < 1.29 is 4.79 Å². The first kappa shape index (κ1) is 18.5. The van der Waals surface area contributed by atoms with Crippen molar-refractivity contribution in [1.29, 1.82) is 0 Å². The second-order valence-electron chi connectivity index (χ2n) is 7.15. The van der Waals surface area contributed by atoms with Gasteiger partial charge in [0.2, 0.25) is 0 Å². The maximum Gasteiger partial charge on any atom is 0.169 e. The molecule has 9 nitrogen and oxygen atoms in total. The summed E-state index contributed by atoms with van der Waals surface area (Å²) in [5, 5.41) is 7.46. The fourth-order valence-electron chi connectivity index (χ4n) is 3.55. The average molecular weight is 438 g/mol. The van der Waals surface area contributed by atoms with Gasteiger partial charge in [0.25, 0.3) is 0 Å². The summed E-state index contributed by atoms with van der Waals surface area (Å²) in [7, 11) is 0. The number of hydrogen-bond acceptors (Lipinski definition) is 8. The van der Waals surface area contributed by atoms with E-state index >= 15 is 0 Å². The molecule has 0 unspecified atom stereocenters. The Hall–Kier alpha value is -4.31. The van der Waals surface area contributed by atoms with Gasteiger partial charge in [-0.15, -0.1) is 11.3 Å². The summed E-state index contributed by atoms with van der Waals surface area (Å²) in [6.07, 6.45) is 6.64. The highest BCUT2D eigenvalue weighted by atomic mass is 32.1. The van der Waals surface area contributed by atoms with Crippen molar-refractivity contribution in [2.45, 2.75) is 6.92 Å². The highest BCUT2D eigenvalue weighted by Crippen LogP contribution is 2.34. The summed E-state index contributed by atoms with van der Waals surface area (Å²) in [6, 6.07) is 9.48. The van der Waals surface area contributed by atoms with Crippen molar-refractivity contribution in [3.05, 3.63) is 60.1 Å². The van der Waals surface area contributed by atoms with E-state index < -0.39 is 0 Å². The molecule has 10 heteroatoms. The molecule has 0 atom stereocenters. The number of pyridine rings is 2. The number of rotatable bonds is 4. The Labute approximate surface area is 184 Å². The quantitative estimate of drug-likeness (QED) is 0.393. The first-order valence-electron chi connectivity index (χ1n) is 9.74. The largest absolute Gasteiger partial charge is 0.321 e. The number of H-pyrrole nitrogens is 2. The van der Waals surface area contributed by atoms with E-state index in [2.05, 4.69) is 30.1 Å². The summed E-state index contributed by atoms with van der Waals surface area (Å²) < 4.78 is 0. The molecule has 2 N–H and O–H groups in total. The standard InChI is InChI=1S/C22H14N8OS/c1-11(31)16-4-5-17(32-16)13-6-7-25-21-18(13)27-22(28-21)20-19-15(29-30-20)3-2-14(26-19)12-8-23-10-24-9-12/h2-10H,1H3,(H,29,30)(H,25,27,28). The molecular formula is C22H14N8OS. The number of nitrogens with one attached hydrogen (secondary N) is 2. The Morgan fingerprint density at radius 2 is 1.88 bits per heavy atom. The SMILES string of the molecule is CC(=O)c1ccc(-c2ccnc3[nH]c(-c4n[nH]c5ccc(-c6cncnc6)nc45)nc23)s1. The fourth-order valence-corrected chi connectivity index (χ4v) is 4.48. The zero-order chi connectivity index (χ0) is 21.7. The monoisotopic (exact) mass is 438 g/mol. The van der Waals surface area contributed by atoms with Gasteiger partial charge in [-0.1, -0.05) is 0 Å². The lowest BCUT2D eigenvalue weighted by Crippen LogP contribution is -1.88.